The third-order valence-corrected chi connectivity index (χ3v) is 2.42. The van der Waals surface area contributed by atoms with Gasteiger partial charge in [-0.1, -0.05) is 20.1 Å². The van der Waals surface area contributed by atoms with Crippen LogP contribution < -0.4 is 0 Å². The van der Waals surface area contributed by atoms with E-state index in [0.29, 0.717) is 6.42 Å². The highest BCUT2D eigenvalue weighted by atomic mass is 16.5. The van der Waals surface area contributed by atoms with Gasteiger partial charge in [0.1, 0.15) is 0 Å². The number of allylic oxidation sites excluding steroid dienone is 1. The second-order valence-corrected chi connectivity index (χ2v) is 3.95. The number of ketones is 1. The molecule has 1 atom stereocenters. The second-order valence-electron chi connectivity index (χ2n) is 3.95. The summed E-state index contributed by atoms with van der Waals surface area (Å²) in [5, 5.41) is 0. The van der Waals surface area contributed by atoms with Gasteiger partial charge in [-0.05, 0) is 12.5 Å². The van der Waals surface area contributed by atoms with Crippen molar-refractivity contribution < 1.29 is 23.9 Å². The Morgan fingerprint density at radius 3 is 2.26 bits per heavy atom. The van der Waals surface area contributed by atoms with Crippen LogP contribution in [0.15, 0.2) is 25.3 Å². The fourth-order valence-electron chi connectivity index (χ4n) is 1.23. The molecule has 5 nitrogen and oxygen atoms in total. The molecule has 0 saturated carbocycles. The van der Waals surface area contributed by atoms with E-state index in [1.165, 1.54) is 6.08 Å². The zero-order valence-electron chi connectivity index (χ0n) is 11.2. The lowest BCUT2D eigenvalue weighted by Crippen LogP contribution is -2.21. The van der Waals surface area contributed by atoms with E-state index in [2.05, 4.69) is 13.2 Å². The third kappa shape index (κ3) is 8.77. The Morgan fingerprint density at radius 2 is 1.74 bits per heavy atom. The summed E-state index contributed by atoms with van der Waals surface area (Å²) in [5.74, 6) is -1.16. The van der Waals surface area contributed by atoms with Crippen molar-refractivity contribution in [3.05, 3.63) is 25.3 Å². The lowest BCUT2D eigenvalue weighted by molar-refractivity contribution is -0.146. The summed E-state index contributed by atoms with van der Waals surface area (Å²) in [4.78, 5) is 33.2. The lowest BCUT2D eigenvalue weighted by Gasteiger charge is -2.15. The summed E-state index contributed by atoms with van der Waals surface area (Å²) in [6.07, 6.45) is 3.33. The van der Waals surface area contributed by atoms with Gasteiger partial charge < -0.3 is 9.47 Å². The van der Waals surface area contributed by atoms with Crippen LogP contribution in [0.5, 0.6) is 0 Å². The molecular weight excluding hydrogens is 248 g/mol. The number of hydrogen-bond acceptors (Lipinski definition) is 5. The van der Waals surface area contributed by atoms with Gasteiger partial charge in [-0.25, -0.2) is 4.79 Å². The Labute approximate surface area is 113 Å². The van der Waals surface area contributed by atoms with Gasteiger partial charge in [-0.3, -0.25) is 9.59 Å². The normalized spacial score (nSPS) is 11.2. The summed E-state index contributed by atoms with van der Waals surface area (Å²) < 4.78 is 9.89. The second kappa shape index (κ2) is 10.1. The molecule has 0 spiro atoms. The Hall–Kier alpha value is -1.91. The third-order valence-electron chi connectivity index (χ3n) is 2.42. The first kappa shape index (κ1) is 17.1. The molecule has 0 radical (unpaired) electrons. The van der Waals surface area contributed by atoms with E-state index in [1.807, 2.05) is 0 Å². The monoisotopic (exact) mass is 268 g/mol. The molecule has 0 N–H and O–H groups in total. The minimum atomic E-state index is -0.540. The average Bonchev–Trinajstić information content (AvgIpc) is 2.44. The van der Waals surface area contributed by atoms with Crippen molar-refractivity contribution in [2.75, 3.05) is 13.2 Å². The average molecular weight is 268 g/mol. The van der Waals surface area contributed by atoms with Crippen molar-refractivity contribution in [1.29, 1.82) is 0 Å². The zero-order chi connectivity index (χ0) is 14.7. The molecule has 0 fully saturated rings. The van der Waals surface area contributed by atoms with Gasteiger partial charge in [-0.15, -0.1) is 0 Å². The van der Waals surface area contributed by atoms with Crippen molar-refractivity contribution in [3.63, 3.8) is 0 Å². The van der Waals surface area contributed by atoms with E-state index in [4.69, 9.17) is 9.47 Å². The molecule has 0 aliphatic carbocycles. The number of carbonyl (C=O) groups excluding carboxylic acids is 3. The van der Waals surface area contributed by atoms with Gasteiger partial charge in [-0.2, -0.15) is 0 Å². The molecule has 0 aromatic rings. The van der Waals surface area contributed by atoms with Crippen LogP contribution in [0.4, 0.5) is 0 Å². The molecule has 0 aliphatic rings. The molecule has 0 saturated heterocycles. The Morgan fingerprint density at radius 1 is 1.11 bits per heavy atom. The van der Waals surface area contributed by atoms with Crippen LogP contribution >= 0.6 is 0 Å². The number of rotatable bonds is 10. The van der Waals surface area contributed by atoms with Gasteiger partial charge >= 0.3 is 11.9 Å². The van der Waals surface area contributed by atoms with Gasteiger partial charge in [0, 0.05) is 24.8 Å². The maximum atomic E-state index is 11.2. The first-order chi connectivity index (χ1) is 9.03. The van der Waals surface area contributed by atoms with Gasteiger partial charge in [0.2, 0.25) is 0 Å². The van der Waals surface area contributed by atoms with Crippen LogP contribution in [-0.2, 0) is 23.9 Å². The summed E-state index contributed by atoms with van der Waals surface area (Å²) in [7, 11) is 0. The molecule has 0 aromatic carbocycles. The Kier molecular flexibility index (Phi) is 9.04. The molecule has 0 bridgehead atoms. The highest BCUT2D eigenvalue weighted by Gasteiger charge is 2.14. The summed E-state index contributed by atoms with van der Waals surface area (Å²) in [5.41, 5.74) is 0. The van der Waals surface area contributed by atoms with E-state index >= 15 is 0 Å². The molecule has 0 heterocycles. The first-order valence-corrected chi connectivity index (χ1v) is 6.13. The summed E-state index contributed by atoms with van der Waals surface area (Å²) in [6, 6.07) is 0. The molecule has 106 valence electrons. The molecule has 0 rings (SSSR count). The van der Waals surface area contributed by atoms with Gasteiger partial charge in [0.05, 0.1) is 13.2 Å². The van der Waals surface area contributed by atoms with Crippen LogP contribution in [0.2, 0.25) is 0 Å². The van der Waals surface area contributed by atoms with Crippen LogP contribution in [0.3, 0.4) is 0 Å². The fraction of sp³-hybridized carbons (Fsp3) is 0.500. The summed E-state index contributed by atoms with van der Waals surface area (Å²) >= 11 is 0. The molecular formula is C14H20O5. The smallest absolute Gasteiger partial charge is 0.330 e. The minimum absolute atomic E-state index is 0.0896. The minimum Gasteiger partial charge on any atom is -0.465 e. The zero-order valence-corrected chi connectivity index (χ0v) is 11.2. The van der Waals surface area contributed by atoms with Gasteiger partial charge in [0.25, 0.3) is 0 Å². The number of carbonyl (C=O) groups is 3. The van der Waals surface area contributed by atoms with Crippen molar-refractivity contribution in [2.45, 2.75) is 26.2 Å². The maximum absolute atomic E-state index is 11.2. The maximum Gasteiger partial charge on any atom is 0.330 e. The van der Waals surface area contributed by atoms with E-state index < -0.39 is 5.97 Å². The van der Waals surface area contributed by atoms with Crippen molar-refractivity contribution >= 4 is 17.7 Å². The van der Waals surface area contributed by atoms with Crippen molar-refractivity contribution in [1.82, 2.24) is 0 Å². The van der Waals surface area contributed by atoms with Crippen LogP contribution in [0, 0.1) is 5.92 Å². The summed E-state index contributed by atoms with van der Waals surface area (Å²) in [6.45, 7) is 8.57. The Balaban J connectivity index is 4.23. The van der Waals surface area contributed by atoms with E-state index in [1.54, 1.807) is 6.92 Å². The number of hydrogen-bond donors (Lipinski definition) is 0. The predicted molar refractivity (Wildman–Crippen MR) is 70.3 cm³/mol. The molecule has 19 heavy (non-hydrogen) atoms. The van der Waals surface area contributed by atoms with E-state index in [-0.39, 0.29) is 43.7 Å². The molecule has 0 aliphatic heterocycles. The largest absolute Gasteiger partial charge is 0.465 e. The van der Waals surface area contributed by atoms with Crippen LogP contribution in [0.1, 0.15) is 26.2 Å². The highest BCUT2D eigenvalue weighted by Crippen LogP contribution is 2.10. The topological polar surface area (TPSA) is 69.7 Å². The standard InChI is InChI=1S/C14H20O5/c1-4-12(15)8-7-11(9-18-13(16)5-2)10-19-14(17)6-3/h4-5,11H,1-2,6-10H2,3H3. The first-order valence-electron chi connectivity index (χ1n) is 6.13. The van der Waals surface area contributed by atoms with E-state index in [0.717, 1.165) is 6.08 Å². The van der Waals surface area contributed by atoms with Crippen LogP contribution in [-0.4, -0.2) is 30.9 Å². The van der Waals surface area contributed by atoms with Crippen LogP contribution in [0.25, 0.3) is 0 Å². The van der Waals surface area contributed by atoms with Crippen molar-refractivity contribution in [3.8, 4) is 0 Å². The molecule has 1 unspecified atom stereocenters. The number of ether oxygens (including phenoxy) is 2. The SMILES string of the molecule is C=CC(=O)CCC(COC(=O)C=C)COC(=O)CC. The molecule has 5 heteroatoms. The highest BCUT2D eigenvalue weighted by molar-refractivity contribution is 5.88. The molecule has 0 amide bonds. The van der Waals surface area contributed by atoms with Gasteiger partial charge in [0.15, 0.2) is 5.78 Å². The molecule has 0 aromatic heterocycles. The lowest BCUT2D eigenvalue weighted by atomic mass is 10.0. The Bertz CT molecular complexity index is 322. The fourth-order valence-corrected chi connectivity index (χ4v) is 1.23. The quantitative estimate of drug-likeness (QED) is 0.446. The van der Waals surface area contributed by atoms with E-state index in [9.17, 15) is 14.4 Å². The predicted octanol–water partition coefficient (Wildman–Crippen LogP) is 1.82. The number of esters is 2. The van der Waals surface area contributed by atoms with Crippen molar-refractivity contribution in [2.24, 2.45) is 5.92 Å².